The van der Waals surface area contributed by atoms with Gasteiger partial charge in [0.25, 0.3) is 5.91 Å². The molecule has 156 valence electrons. The van der Waals surface area contributed by atoms with E-state index in [1.165, 1.54) is 30.2 Å². The first-order chi connectivity index (χ1) is 13.9. The molecule has 29 heavy (non-hydrogen) atoms. The molecule has 10 heteroatoms. The number of hydrogen-bond acceptors (Lipinski definition) is 7. The Balaban J connectivity index is 2.13. The molecule has 1 aromatic carbocycles. The number of aliphatic carboxylic acids is 1. The summed E-state index contributed by atoms with van der Waals surface area (Å²) in [5, 5.41) is 19.8. The van der Waals surface area contributed by atoms with Crippen LogP contribution in [0.4, 0.5) is 10.5 Å². The molecular formula is C19H22N2O8. The van der Waals surface area contributed by atoms with Crippen molar-refractivity contribution in [2.45, 2.75) is 25.1 Å². The van der Waals surface area contributed by atoms with E-state index >= 15 is 0 Å². The van der Waals surface area contributed by atoms with E-state index in [9.17, 15) is 19.5 Å². The van der Waals surface area contributed by atoms with Crippen LogP contribution in [0.1, 0.15) is 23.2 Å². The van der Waals surface area contributed by atoms with Crippen LogP contribution in [0, 0.1) is 0 Å². The summed E-state index contributed by atoms with van der Waals surface area (Å²) >= 11 is 0. The van der Waals surface area contributed by atoms with Gasteiger partial charge in [-0.1, -0.05) is 12.7 Å². The van der Waals surface area contributed by atoms with E-state index in [2.05, 4.69) is 6.58 Å². The summed E-state index contributed by atoms with van der Waals surface area (Å²) in [6, 6.07) is 2.08. The fourth-order valence-electron chi connectivity index (χ4n) is 3.56. The number of anilines is 1. The highest BCUT2D eigenvalue weighted by Crippen LogP contribution is 2.41. The zero-order valence-corrected chi connectivity index (χ0v) is 15.9. The molecule has 2 N–H and O–H groups in total. The van der Waals surface area contributed by atoms with Gasteiger partial charge in [0.2, 0.25) is 0 Å². The predicted molar refractivity (Wildman–Crippen MR) is 100 cm³/mol. The summed E-state index contributed by atoms with van der Waals surface area (Å²) in [6.45, 7) is 3.19. The Bertz CT molecular complexity index is 840. The van der Waals surface area contributed by atoms with Gasteiger partial charge in [0, 0.05) is 12.6 Å². The van der Waals surface area contributed by atoms with E-state index in [4.69, 9.17) is 19.3 Å². The Labute approximate surface area is 166 Å². The zero-order valence-electron chi connectivity index (χ0n) is 15.9. The van der Waals surface area contributed by atoms with E-state index in [0.717, 1.165) is 4.90 Å². The number of aliphatic hydroxyl groups is 1. The third-order valence-electron chi connectivity index (χ3n) is 4.81. The molecule has 2 atom stereocenters. The lowest BCUT2D eigenvalue weighted by molar-refractivity contribution is -0.139. The van der Waals surface area contributed by atoms with Crippen molar-refractivity contribution < 1.29 is 38.8 Å². The molecule has 10 nitrogen and oxygen atoms in total. The molecule has 2 aliphatic heterocycles. The maximum absolute atomic E-state index is 13.1. The fraction of sp³-hybridized carbons (Fsp3) is 0.421. The van der Waals surface area contributed by atoms with E-state index in [1.54, 1.807) is 0 Å². The normalized spacial score (nSPS) is 20.4. The van der Waals surface area contributed by atoms with Crippen LogP contribution >= 0.6 is 0 Å². The fourth-order valence-corrected chi connectivity index (χ4v) is 3.56. The maximum atomic E-state index is 13.1. The summed E-state index contributed by atoms with van der Waals surface area (Å²) in [7, 11) is 1.35. The Morgan fingerprint density at radius 2 is 2.10 bits per heavy atom. The van der Waals surface area contributed by atoms with Gasteiger partial charge in [0.15, 0.2) is 24.3 Å². The molecule has 0 aromatic heterocycles. The van der Waals surface area contributed by atoms with Crippen molar-refractivity contribution in [3.8, 4) is 11.5 Å². The van der Waals surface area contributed by atoms with Gasteiger partial charge in [-0.25, -0.2) is 14.5 Å². The van der Waals surface area contributed by atoms with Gasteiger partial charge in [-0.15, -0.1) is 0 Å². The number of fused-ring (bicyclic) bond motifs is 2. The number of carboxylic acid groups (broad SMARTS) is 1. The number of benzene rings is 1. The van der Waals surface area contributed by atoms with Crippen molar-refractivity contribution in [1.29, 1.82) is 0 Å². The Morgan fingerprint density at radius 1 is 1.34 bits per heavy atom. The first-order valence-electron chi connectivity index (χ1n) is 9.01. The maximum Gasteiger partial charge on any atom is 0.416 e. The van der Waals surface area contributed by atoms with Crippen molar-refractivity contribution in [2.24, 2.45) is 0 Å². The smallest absolute Gasteiger partial charge is 0.416 e. The molecule has 2 aliphatic rings. The quantitative estimate of drug-likeness (QED) is 0.676. The summed E-state index contributed by atoms with van der Waals surface area (Å²) in [5.41, 5.74) is 0.163. The van der Waals surface area contributed by atoms with Gasteiger partial charge in [-0.2, -0.15) is 0 Å². The number of carboxylic acids is 1. The van der Waals surface area contributed by atoms with Gasteiger partial charge >= 0.3 is 12.1 Å². The third-order valence-corrected chi connectivity index (χ3v) is 4.81. The number of nitrogens with zero attached hydrogens (tertiary/aromatic N) is 2. The second-order valence-electron chi connectivity index (χ2n) is 6.56. The molecule has 2 heterocycles. The van der Waals surface area contributed by atoms with Gasteiger partial charge in [-0.3, -0.25) is 4.79 Å². The van der Waals surface area contributed by atoms with Crippen molar-refractivity contribution in [3.05, 3.63) is 30.4 Å². The average molecular weight is 406 g/mol. The van der Waals surface area contributed by atoms with Crippen LogP contribution in [-0.2, 0) is 9.53 Å². The van der Waals surface area contributed by atoms with Crippen LogP contribution in [-0.4, -0.2) is 72.2 Å². The SMILES string of the molecule is C=CCOC(=O)N1c2cc(OCC(=O)O)c(OC)cc2C(=O)N2CCC[C@H]2C1O. The van der Waals surface area contributed by atoms with Gasteiger partial charge in [0.1, 0.15) is 6.61 Å². The largest absolute Gasteiger partial charge is 0.493 e. The number of carbonyl (C=O) groups excluding carboxylic acids is 2. The zero-order chi connectivity index (χ0) is 21.1. The van der Waals surface area contributed by atoms with E-state index in [-0.39, 0.29) is 35.3 Å². The molecule has 0 radical (unpaired) electrons. The second-order valence-corrected chi connectivity index (χ2v) is 6.56. The lowest BCUT2D eigenvalue weighted by Crippen LogP contribution is -2.50. The topological polar surface area (TPSA) is 126 Å². The van der Waals surface area contributed by atoms with Crippen molar-refractivity contribution in [1.82, 2.24) is 4.90 Å². The predicted octanol–water partition coefficient (Wildman–Crippen LogP) is 1.22. The number of carbonyl (C=O) groups is 3. The minimum atomic E-state index is -1.35. The van der Waals surface area contributed by atoms with Gasteiger partial charge < -0.3 is 29.3 Å². The number of aliphatic hydroxyl groups excluding tert-OH is 1. The number of amides is 2. The summed E-state index contributed by atoms with van der Waals surface area (Å²) in [4.78, 5) is 39.2. The standard InChI is InChI=1S/C19H22N2O8/c1-3-7-28-19(26)21-13-9-15(29-10-16(22)23)14(27-2)8-11(13)17(24)20-6-4-5-12(20)18(21)25/h3,8-9,12,18,25H,1,4-7,10H2,2H3,(H,22,23)/t12-,18?/m0/s1. The van der Waals surface area contributed by atoms with Crippen LogP contribution < -0.4 is 14.4 Å². The number of ether oxygens (including phenoxy) is 3. The van der Waals surface area contributed by atoms with Crippen molar-refractivity contribution in [2.75, 3.05) is 31.8 Å². The van der Waals surface area contributed by atoms with Crippen LogP contribution in [0.25, 0.3) is 0 Å². The summed E-state index contributed by atoms with van der Waals surface area (Å²) < 4.78 is 15.6. The summed E-state index contributed by atoms with van der Waals surface area (Å²) in [6.07, 6.45) is 0.377. The number of methoxy groups -OCH3 is 1. The lowest BCUT2D eigenvalue weighted by atomic mass is 10.1. The molecule has 0 spiro atoms. The molecule has 0 aliphatic carbocycles. The Kier molecular flexibility index (Phi) is 5.92. The molecule has 1 aromatic rings. The number of hydrogen-bond donors (Lipinski definition) is 2. The minimum absolute atomic E-state index is 0.0113. The molecule has 0 saturated carbocycles. The molecule has 1 fully saturated rings. The first kappa shape index (κ1) is 20.5. The van der Waals surface area contributed by atoms with E-state index in [0.29, 0.717) is 19.4 Å². The average Bonchev–Trinajstić information content (AvgIpc) is 3.17. The van der Waals surface area contributed by atoms with Crippen LogP contribution in [0.3, 0.4) is 0 Å². The second kappa shape index (κ2) is 8.39. The minimum Gasteiger partial charge on any atom is -0.493 e. The molecule has 3 rings (SSSR count). The van der Waals surface area contributed by atoms with Crippen molar-refractivity contribution >= 4 is 23.7 Å². The monoisotopic (exact) mass is 406 g/mol. The van der Waals surface area contributed by atoms with Gasteiger partial charge in [-0.05, 0) is 18.9 Å². The van der Waals surface area contributed by atoms with Gasteiger partial charge in [0.05, 0.1) is 24.4 Å². The number of rotatable bonds is 6. The van der Waals surface area contributed by atoms with E-state index in [1.807, 2.05) is 0 Å². The van der Waals surface area contributed by atoms with E-state index < -0.39 is 30.9 Å². The molecule has 2 amide bonds. The highest BCUT2D eigenvalue weighted by Gasteiger charge is 2.45. The van der Waals surface area contributed by atoms with Crippen molar-refractivity contribution in [3.63, 3.8) is 0 Å². The highest BCUT2D eigenvalue weighted by molar-refractivity contribution is 6.06. The molecule has 0 bridgehead atoms. The molecule has 1 saturated heterocycles. The third kappa shape index (κ3) is 3.83. The first-order valence-corrected chi connectivity index (χ1v) is 9.01. The van der Waals surface area contributed by atoms with Crippen LogP contribution in [0.5, 0.6) is 11.5 Å². The Morgan fingerprint density at radius 3 is 2.76 bits per heavy atom. The molecular weight excluding hydrogens is 384 g/mol. The summed E-state index contributed by atoms with van der Waals surface area (Å²) in [5.74, 6) is -1.44. The lowest BCUT2D eigenvalue weighted by Gasteiger charge is -2.31. The molecule has 1 unspecified atom stereocenters. The highest BCUT2D eigenvalue weighted by atomic mass is 16.6. The van der Waals surface area contributed by atoms with Crippen LogP contribution in [0.15, 0.2) is 24.8 Å². The van der Waals surface area contributed by atoms with Crippen LogP contribution in [0.2, 0.25) is 0 Å². The Hall–Kier alpha value is -3.27.